The number of morpholine rings is 1. The summed E-state index contributed by atoms with van der Waals surface area (Å²) in [6.07, 6.45) is 12.3. The van der Waals surface area contributed by atoms with Gasteiger partial charge in [0, 0.05) is 37.8 Å². The number of ether oxygens (including phenoxy) is 1. The van der Waals surface area contributed by atoms with Gasteiger partial charge in [-0.05, 0) is 51.5 Å². The molecule has 4 N–H and O–H groups in total. The molecule has 1 saturated heterocycles. The van der Waals surface area contributed by atoms with Gasteiger partial charge in [-0.15, -0.1) is 37.2 Å². The van der Waals surface area contributed by atoms with Crippen LogP contribution in [-0.2, 0) is 4.74 Å². The van der Waals surface area contributed by atoms with E-state index in [1.165, 1.54) is 25.7 Å². The van der Waals surface area contributed by atoms with E-state index < -0.39 is 0 Å². The number of imidazole rings is 1. The molecule has 0 atom stereocenters. The molecule has 2 aromatic rings. The number of halogens is 3. The molecule has 0 radical (unpaired) electrons. The fourth-order valence-electron chi connectivity index (χ4n) is 5.33. The van der Waals surface area contributed by atoms with Crippen LogP contribution in [0.2, 0.25) is 0 Å². The average molecular weight is 552 g/mol. The van der Waals surface area contributed by atoms with Gasteiger partial charge in [0.05, 0.1) is 19.5 Å². The van der Waals surface area contributed by atoms with Gasteiger partial charge in [-0.2, -0.15) is 9.97 Å². The Kier molecular flexibility index (Phi) is 12.6. The van der Waals surface area contributed by atoms with E-state index in [0.717, 1.165) is 88.5 Å². The van der Waals surface area contributed by atoms with Gasteiger partial charge in [-0.1, -0.05) is 12.8 Å². The van der Waals surface area contributed by atoms with Crippen LogP contribution in [0.5, 0.6) is 0 Å². The van der Waals surface area contributed by atoms with Crippen molar-refractivity contribution in [2.24, 2.45) is 5.73 Å². The summed E-state index contributed by atoms with van der Waals surface area (Å²) in [6.45, 7) is 5.71. The van der Waals surface area contributed by atoms with E-state index in [1.54, 1.807) is 0 Å². The fourth-order valence-corrected chi connectivity index (χ4v) is 5.33. The van der Waals surface area contributed by atoms with Gasteiger partial charge in [0.1, 0.15) is 0 Å². The highest BCUT2D eigenvalue weighted by atomic mass is 35.5. The van der Waals surface area contributed by atoms with Crippen molar-refractivity contribution < 1.29 is 4.74 Å². The zero-order chi connectivity index (χ0) is 21.8. The van der Waals surface area contributed by atoms with Gasteiger partial charge >= 0.3 is 0 Å². The predicted octanol–water partition coefficient (Wildman–Crippen LogP) is 4.02. The second kappa shape index (κ2) is 14.6. The molecule has 3 fully saturated rings. The van der Waals surface area contributed by atoms with Crippen LogP contribution < -0.4 is 16.4 Å². The molecule has 0 bridgehead atoms. The topological polar surface area (TPSA) is 106 Å². The molecule has 2 saturated carbocycles. The molecule has 3 aliphatic rings. The first-order chi connectivity index (χ1) is 15.8. The number of aromatic nitrogens is 4. The summed E-state index contributed by atoms with van der Waals surface area (Å²) in [5.74, 6) is 1.57. The van der Waals surface area contributed by atoms with Gasteiger partial charge in [0.25, 0.3) is 0 Å². The smallest absolute Gasteiger partial charge is 0.227 e. The number of fused-ring (bicyclic) bond motifs is 1. The largest absolute Gasteiger partial charge is 0.379 e. The minimum absolute atomic E-state index is 0. The van der Waals surface area contributed by atoms with Crippen molar-refractivity contribution in [1.82, 2.24) is 24.4 Å². The molecule has 12 heteroatoms. The molecule has 0 aromatic carbocycles. The van der Waals surface area contributed by atoms with Crippen molar-refractivity contribution in [3.05, 3.63) is 6.33 Å². The number of nitrogens with one attached hydrogen (secondary N) is 2. The van der Waals surface area contributed by atoms with Crippen LogP contribution in [0.4, 0.5) is 11.8 Å². The Morgan fingerprint density at radius 1 is 0.971 bits per heavy atom. The number of nitrogens with two attached hydrogens (primary N) is 1. The Hall–Kier alpha value is -1.10. The molecule has 5 rings (SSSR count). The molecule has 0 amide bonds. The van der Waals surface area contributed by atoms with Crippen LogP contribution >= 0.6 is 37.2 Å². The highest BCUT2D eigenvalue weighted by Crippen LogP contribution is 2.33. The van der Waals surface area contributed by atoms with E-state index in [1.807, 2.05) is 6.33 Å². The normalized spacial score (nSPS) is 23.2. The number of anilines is 2. The van der Waals surface area contributed by atoms with Crippen LogP contribution in [0, 0.1) is 0 Å². The SMILES string of the molecule is Cl.Cl.Cl.NC1CCC(Nc2nc(NCCCN3CCOCC3)c3ncn(C4CCCC4)c3n2)CC1. The zero-order valence-electron chi connectivity index (χ0n) is 20.4. The summed E-state index contributed by atoms with van der Waals surface area (Å²) < 4.78 is 7.73. The molecule has 3 heterocycles. The molecule has 1 aliphatic heterocycles. The molecule has 0 spiro atoms. The standard InChI is InChI=1S/C23H38N8O.3ClH/c24-17-6-8-18(9-7-17)27-23-28-21(25-10-3-11-30-12-14-32-15-13-30)20-22(29-23)31(16-26-20)19-4-1-2-5-19;;;/h16-19H,1-15,24H2,(H2,25,27,28,29);3*1H. The average Bonchev–Trinajstić information content (AvgIpc) is 3.49. The maximum atomic E-state index is 6.10. The van der Waals surface area contributed by atoms with Crippen LogP contribution in [0.15, 0.2) is 6.33 Å². The quantitative estimate of drug-likeness (QED) is 0.422. The number of hydrogen-bond acceptors (Lipinski definition) is 8. The third-order valence-electron chi connectivity index (χ3n) is 7.29. The van der Waals surface area contributed by atoms with Gasteiger partial charge in [0.15, 0.2) is 17.0 Å². The summed E-state index contributed by atoms with van der Waals surface area (Å²) in [6, 6.07) is 1.23. The Bertz CT molecular complexity index is 881. The highest BCUT2D eigenvalue weighted by molar-refractivity contribution is 5.86. The van der Waals surface area contributed by atoms with Gasteiger partial charge in [0.2, 0.25) is 5.95 Å². The summed E-state index contributed by atoms with van der Waals surface area (Å²) >= 11 is 0. The highest BCUT2D eigenvalue weighted by Gasteiger charge is 2.24. The van der Waals surface area contributed by atoms with Gasteiger partial charge < -0.3 is 25.7 Å². The Morgan fingerprint density at radius 2 is 1.69 bits per heavy atom. The molecular weight excluding hydrogens is 511 g/mol. The van der Waals surface area contributed by atoms with E-state index in [-0.39, 0.29) is 37.2 Å². The lowest BCUT2D eigenvalue weighted by Gasteiger charge is -2.27. The second-order valence-electron chi connectivity index (χ2n) is 9.65. The maximum Gasteiger partial charge on any atom is 0.227 e. The summed E-state index contributed by atoms with van der Waals surface area (Å²) in [5, 5.41) is 7.17. The third-order valence-corrected chi connectivity index (χ3v) is 7.29. The molecule has 35 heavy (non-hydrogen) atoms. The lowest BCUT2D eigenvalue weighted by atomic mass is 9.92. The second-order valence-corrected chi connectivity index (χ2v) is 9.65. The maximum absolute atomic E-state index is 6.10. The molecule has 2 aromatic heterocycles. The van der Waals surface area contributed by atoms with Gasteiger partial charge in [-0.3, -0.25) is 4.90 Å². The van der Waals surface area contributed by atoms with Crippen molar-refractivity contribution >= 4 is 60.2 Å². The Labute approximate surface area is 227 Å². The lowest BCUT2D eigenvalue weighted by Crippen LogP contribution is -2.37. The van der Waals surface area contributed by atoms with Crippen molar-refractivity contribution in [3.8, 4) is 0 Å². The Balaban J connectivity index is 0.00000144. The molecule has 0 unspecified atom stereocenters. The first-order valence-electron chi connectivity index (χ1n) is 12.6. The van der Waals surface area contributed by atoms with E-state index >= 15 is 0 Å². The summed E-state index contributed by atoms with van der Waals surface area (Å²) in [7, 11) is 0. The van der Waals surface area contributed by atoms with E-state index in [4.69, 9.17) is 25.4 Å². The van der Waals surface area contributed by atoms with Crippen molar-refractivity contribution in [1.29, 1.82) is 0 Å². The van der Waals surface area contributed by atoms with Crippen molar-refractivity contribution in [2.45, 2.75) is 75.9 Å². The van der Waals surface area contributed by atoms with Crippen molar-refractivity contribution in [2.75, 3.05) is 50.0 Å². The van der Waals surface area contributed by atoms with Crippen LogP contribution in [0.3, 0.4) is 0 Å². The minimum Gasteiger partial charge on any atom is -0.379 e. The van der Waals surface area contributed by atoms with Crippen LogP contribution in [0.25, 0.3) is 11.2 Å². The summed E-state index contributed by atoms with van der Waals surface area (Å²) in [4.78, 5) is 17.0. The van der Waals surface area contributed by atoms with Crippen molar-refractivity contribution in [3.63, 3.8) is 0 Å². The number of hydrogen-bond donors (Lipinski definition) is 3. The fraction of sp³-hybridized carbons (Fsp3) is 0.783. The summed E-state index contributed by atoms with van der Waals surface area (Å²) in [5.41, 5.74) is 7.94. The molecule has 2 aliphatic carbocycles. The first-order valence-corrected chi connectivity index (χ1v) is 12.6. The van der Waals surface area contributed by atoms with Crippen LogP contribution in [-0.4, -0.2) is 75.9 Å². The predicted molar refractivity (Wildman–Crippen MR) is 149 cm³/mol. The zero-order valence-corrected chi connectivity index (χ0v) is 22.8. The third kappa shape index (κ3) is 7.69. The van der Waals surface area contributed by atoms with Crippen LogP contribution in [0.1, 0.15) is 63.8 Å². The molecule has 9 nitrogen and oxygen atoms in total. The molecule has 200 valence electrons. The van der Waals surface area contributed by atoms with E-state index in [9.17, 15) is 0 Å². The van der Waals surface area contributed by atoms with Gasteiger partial charge in [-0.25, -0.2) is 4.98 Å². The monoisotopic (exact) mass is 550 g/mol. The number of nitrogens with zero attached hydrogens (tertiary/aromatic N) is 5. The minimum atomic E-state index is 0. The van der Waals surface area contributed by atoms with E-state index in [2.05, 4.69) is 20.1 Å². The lowest BCUT2D eigenvalue weighted by molar-refractivity contribution is 0.0378. The van der Waals surface area contributed by atoms with E-state index in [0.29, 0.717) is 24.1 Å². The Morgan fingerprint density at radius 3 is 2.40 bits per heavy atom. The number of rotatable bonds is 8. The molecular formula is C23H41Cl3N8O. The first kappa shape index (κ1) is 30.1.